The number of likely N-dealkylation sites (tertiary alicyclic amines) is 1. The number of fused-ring (bicyclic) bond motifs is 4. The number of pyridine rings is 1. The number of rotatable bonds is 23. The topological polar surface area (TPSA) is 250 Å². The van der Waals surface area contributed by atoms with E-state index in [0.717, 1.165) is 56.8 Å². The van der Waals surface area contributed by atoms with Crippen LogP contribution in [0.3, 0.4) is 0 Å². The van der Waals surface area contributed by atoms with Crippen molar-refractivity contribution in [2.75, 3.05) is 97.6 Å². The second-order valence-corrected chi connectivity index (χ2v) is 26.2. The number of halogens is 1. The van der Waals surface area contributed by atoms with Gasteiger partial charge in [-0.2, -0.15) is 13.5 Å². The van der Waals surface area contributed by atoms with E-state index in [1.165, 1.54) is 10.5 Å². The molecule has 2 unspecified atom stereocenters. The second-order valence-electron chi connectivity index (χ2n) is 25.8. The third-order valence-electron chi connectivity index (χ3n) is 17.1. The first kappa shape index (κ1) is 79.4. The summed E-state index contributed by atoms with van der Waals surface area (Å²) in [5, 5.41) is 19.5. The third-order valence-corrected chi connectivity index (χ3v) is 17.3. The van der Waals surface area contributed by atoms with E-state index in [1.54, 1.807) is 57.4 Å². The van der Waals surface area contributed by atoms with Crippen LogP contribution in [0.25, 0.3) is 22.3 Å². The maximum atomic E-state index is 14.9. The number of aromatic nitrogens is 1. The number of aryl methyl sites for hydroxylation is 1. The van der Waals surface area contributed by atoms with Crippen LogP contribution in [-0.2, 0) is 39.8 Å². The fourth-order valence-corrected chi connectivity index (χ4v) is 12.2. The zero-order chi connectivity index (χ0) is 67.0. The molecule has 0 radical (unpaired) electrons. The van der Waals surface area contributed by atoms with Crippen molar-refractivity contribution < 1.29 is 117 Å². The molecule has 5 aliphatic rings. The summed E-state index contributed by atoms with van der Waals surface area (Å²) in [5.74, 6) is -0.172. The number of benzene rings is 4. The smallest absolute Gasteiger partial charge is 0.462 e. The minimum Gasteiger partial charge on any atom is -0.462 e. The predicted molar refractivity (Wildman–Crippen MR) is 380 cm³/mol. The molecular weight excluding hydrogens is 1390 g/mol. The first-order valence-electron chi connectivity index (χ1n) is 32.3. The summed E-state index contributed by atoms with van der Waals surface area (Å²) in [4.78, 5) is 96.5. The largest absolute Gasteiger partial charge is 1.00 e. The summed E-state index contributed by atoms with van der Waals surface area (Å²) < 4.78 is 22.4. The maximum Gasteiger partial charge on any atom is 1.00 e. The van der Waals surface area contributed by atoms with Crippen molar-refractivity contribution in [2.45, 2.75) is 109 Å². The molecule has 97 heavy (non-hydrogen) atoms. The van der Waals surface area contributed by atoms with Gasteiger partial charge in [0.1, 0.15) is 41.9 Å². The van der Waals surface area contributed by atoms with Gasteiger partial charge >= 0.3 is 81.1 Å². The van der Waals surface area contributed by atoms with E-state index in [-0.39, 0.29) is 170 Å². The Kier molecular flexibility index (Phi) is 30.3. The number of nitrogens with zero attached hydrogens (tertiary/aromatic N) is 6. The van der Waals surface area contributed by atoms with Crippen LogP contribution in [0.2, 0.25) is 5.02 Å². The molecule has 0 bridgehead atoms. The van der Waals surface area contributed by atoms with Gasteiger partial charge in [0, 0.05) is 94.2 Å². The number of carbonyl (C=O) groups is 6. The van der Waals surface area contributed by atoms with Crippen LogP contribution in [0, 0.1) is 7.43 Å². The fraction of sp³-hybridized carbons (Fsp3) is 0.431. The van der Waals surface area contributed by atoms with Crippen LogP contribution in [-0.4, -0.2) is 183 Å². The Bertz CT molecular complexity index is 3540. The number of hydrogen-bond donors (Lipinski definition) is 6. The van der Waals surface area contributed by atoms with Crippen LogP contribution >= 0.6 is 25.1 Å². The van der Waals surface area contributed by atoms with Crippen LogP contribution in [0.15, 0.2) is 138 Å². The Hall–Kier alpha value is -6.59. The second kappa shape index (κ2) is 37.0. The molecule has 4 aliphatic heterocycles. The van der Waals surface area contributed by atoms with Gasteiger partial charge in [0.05, 0.1) is 31.3 Å². The molecule has 4 aromatic carbocycles. The van der Waals surface area contributed by atoms with E-state index >= 15 is 0 Å². The van der Waals surface area contributed by atoms with Gasteiger partial charge in [-0.05, 0) is 137 Å². The molecule has 22 nitrogen and oxygen atoms in total. The number of anilines is 1. The molecule has 1 aromatic heterocycles. The van der Waals surface area contributed by atoms with Crippen molar-refractivity contribution in [1.29, 1.82) is 0 Å². The number of aliphatic imine (C=N–C) groups is 1. The number of hydrogen-bond acceptors (Lipinski definition) is 17. The van der Waals surface area contributed by atoms with Gasteiger partial charge < -0.3 is 68.1 Å². The van der Waals surface area contributed by atoms with Crippen molar-refractivity contribution in [1.82, 2.24) is 51.2 Å². The molecule has 5 heterocycles. The van der Waals surface area contributed by atoms with Gasteiger partial charge in [0.2, 0.25) is 11.8 Å². The zero-order valence-electron chi connectivity index (χ0n) is 57.6. The Morgan fingerprint density at radius 1 is 0.845 bits per heavy atom. The monoisotopic (exact) mass is 1490 g/mol. The molecule has 5 aromatic rings. The first-order valence-corrected chi connectivity index (χ1v) is 32.6. The minimum absolute atomic E-state index is 0. The quantitative estimate of drug-likeness (QED) is 0.0175. The summed E-state index contributed by atoms with van der Waals surface area (Å²) in [6.07, 6.45) is 7.81. The number of alkyl carbamates (subject to hydrolysis) is 1. The fourth-order valence-electron chi connectivity index (χ4n) is 12.0. The molecule has 1 aliphatic carbocycles. The van der Waals surface area contributed by atoms with Crippen LogP contribution in [0.1, 0.15) is 112 Å². The van der Waals surface area contributed by atoms with E-state index in [4.69, 9.17) is 25.8 Å². The van der Waals surface area contributed by atoms with Gasteiger partial charge in [0.15, 0.2) is 5.69 Å². The first-order chi connectivity index (χ1) is 45.1. The zero-order valence-corrected chi connectivity index (χ0v) is 65.6. The Balaban J connectivity index is 0.00000141. The average Bonchev–Trinajstić information content (AvgIpc) is 1.69. The van der Waals surface area contributed by atoms with Gasteiger partial charge in [-0.15, -0.1) is 0 Å². The number of nitrogens with one attached hydrogen (secondary N) is 6. The standard InChI is InChI=1S/C66H79ClN12O8.C5H10O2.CH3.Cs.H2S/c1-6-44-12-11-13-46(38-44)47-39-56(68-5)58(71-40-47)61(81)70-27-36-85-37-35-79(64(84)86-42-54-51-16-9-7-14-49(51)50-15-8-10-17-52(50)54)41-57(80)77-33-31-76(32-34-77)28-23-55(45-18-20-48(67)21-19-45)74-62(82)66(75-63(83)87-65(2,3)4)24-29-78(30-25-66)60-53-22-26-69-59(53)72-43-73-60;1-5(2,3)7-4-6;;;/h7-22,26,38-40,43,54-55,59,68-69H,6,23-25,27-37,41-42H2,1-5H3,(H,70,81)(H,72,73)(H,74,82)(H,75,83);4H,1-3H3;1H3;;1H2/q;;-1;+1;. The Labute approximate surface area is 642 Å². The van der Waals surface area contributed by atoms with Crippen molar-refractivity contribution in [3.05, 3.63) is 173 Å². The molecule has 2 saturated heterocycles. The molecule has 516 valence electrons. The Morgan fingerprint density at radius 2 is 1.53 bits per heavy atom. The molecule has 0 saturated carbocycles. The van der Waals surface area contributed by atoms with Gasteiger partial charge in [0.25, 0.3) is 12.4 Å². The minimum atomic E-state index is -1.28. The van der Waals surface area contributed by atoms with Crippen molar-refractivity contribution in [2.24, 2.45) is 4.99 Å². The van der Waals surface area contributed by atoms with E-state index in [2.05, 4.69) is 99.7 Å². The number of carbonyl (C=O) groups excluding carboxylic acids is 6. The molecule has 25 heteroatoms. The van der Waals surface area contributed by atoms with E-state index in [0.29, 0.717) is 82.3 Å². The van der Waals surface area contributed by atoms with Gasteiger partial charge in [-0.3, -0.25) is 29.0 Å². The van der Waals surface area contributed by atoms with E-state index in [9.17, 15) is 28.8 Å². The number of piperazine rings is 1. The normalized spacial score (nSPS) is 16.2. The van der Waals surface area contributed by atoms with E-state index in [1.807, 2.05) is 87.6 Å². The SMILES string of the molecule is CC(C)(C)OC=O.CCc1cccc(-c2cnc(C(=O)NCCOCCN(CC(=O)N3CCN(CCC(NC(=O)C4(NC(=O)OC(C)(C)C)CCN(C5=C6C=CNC6N=CN5)CC4)c4ccc(Cl)cc4)CC3)C(=O)OCC3c4ccccc4-c4ccccc43)c(NC)c2)c1.S.[CH3-].[Cs+]. The molecule has 0 spiro atoms. The summed E-state index contributed by atoms with van der Waals surface area (Å²) in [5.41, 5.74) is 7.79. The molecule has 5 amide bonds. The number of piperidine rings is 1. The van der Waals surface area contributed by atoms with Crippen LogP contribution < -0.4 is 101 Å². The molecule has 10 rings (SSSR count). The van der Waals surface area contributed by atoms with Gasteiger partial charge in [-0.25, -0.2) is 19.6 Å². The molecule has 2 atom stereocenters. The van der Waals surface area contributed by atoms with E-state index < -0.39 is 29.4 Å². The van der Waals surface area contributed by atoms with Crippen molar-refractivity contribution in [3.8, 4) is 22.3 Å². The summed E-state index contributed by atoms with van der Waals surface area (Å²) >= 11 is 6.38. The molecular formula is C72H94ClCsN12O10S. The summed E-state index contributed by atoms with van der Waals surface area (Å²) in [7, 11) is 1.75. The maximum absolute atomic E-state index is 14.9. The molecule has 6 N–H and O–H groups in total. The van der Waals surface area contributed by atoms with Crippen molar-refractivity contribution in [3.63, 3.8) is 0 Å². The summed E-state index contributed by atoms with van der Waals surface area (Å²) in [6, 6.07) is 33.3. The third kappa shape index (κ3) is 21.7. The summed E-state index contributed by atoms with van der Waals surface area (Å²) in [6.45, 7) is 17.2. The Morgan fingerprint density at radius 3 is 2.15 bits per heavy atom. The van der Waals surface area contributed by atoms with Crippen LogP contribution in [0.4, 0.5) is 15.3 Å². The predicted octanol–water partition coefficient (Wildman–Crippen LogP) is 6.57. The van der Waals surface area contributed by atoms with Gasteiger partial charge in [-0.1, -0.05) is 103 Å². The van der Waals surface area contributed by atoms with Crippen molar-refractivity contribution >= 4 is 73.5 Å². The number of amides is 5. The molecule has 2 fully saturated rings. The average molecular weight is 1490 g/mol. The van der Waals surface area contributed by atoms with Crippen LogP contribution in [0.5, 0.6) is 0 Å². The number of ether oxygens (including phenoxy) is 4.